The highest BCUT2D eigenvalue weighted by Crippen LogP contribution is 2.31. The van der Waals surface area contributed by atoms with Gasteiger partial charge >= 0.3 is 6.18 Å². The molecule has 19 heavy (non-hydrogen) atoms. The lowest BCUT2D eigenvalue weighted by Crippen LogP contribution is -2.23. The zero-order valence-electron chi connectivity index (χ0n) is 10.1. The minimum atomic E-state index is -4.35. The van der Waals surface area contributed by atoms with Crippen LogP contribution in [0.15, 0.2) is 22.6 Å². The van der Waals surface area contributed by atoms with E-state index in [9.17, 15) is 13.2 Å². The monoisotopic (exact) mass is 270 g/mol. The van der Waals surface area contributed by atoms with Crippen LogP contribution in [0.5, 0.6) is 0 Å². The zero-order chi connectivity index (χ0) is 13.5. The van der Waals surface area contributed by atoms with Gasteiger partial charge in [-0.1, -0.05) is 0 Å². The first-order valence-electron chi connectivity index (χ1n) is 6.22. The van der Waals surface area contributed by atoms with Crippen LogP contribution in [0, 0.1) is 0 Å². The zero-order valence-corrected chi connectivity index (χ0v) is 10.1. The number of rotatable bonds is 2. The summed E-state index contributed by atoms with van der Waals surface area (Å²) < 4.78 is 43.2. The van der Waals surface area contributed by atoms with Gasteiger partial charge in [-0.3, -0.25) is 0 Å². The highest BCUT2D eigenvalue weighted by molar-refractivity contribution is 5.73. The van der Waals surface area contributed by atoms with Crippen molar-refractivity contribution in [2.75, 3.05) is 6.54 Å². The lowest BCUT2D eigenvalue weighted by molar-refractivity contribution is -0.137. The summed E-state index contributed by atoms with van der Waals surface area (Å²) in [5, 5.41) is 3.31. The molecule has 0 spiro atoms. The summed E-state index contributed by atoms with van der Waals surface area (Å²) >= 11 is 0. The number of benzene rings is 1. The van der Waals surface area contributed by atoms with Crippen LogP contribution in [-0.2, 0) is 12.6 Å². The number of nitrogens with zero attached hydrogens (tertiary/aromatic N) is 1. The van der Waals surface area contributed by atoms with E-state index in [0.29, 0.717) is 23.9 Å². The Bertz CT molecular complexity index is 585. The van der Waals surface area contributed by atoms with Gasteiger partial charge in [-0.05, 0) is 37.6 Å². The van der Waals surface area contributed by atoms with Gasteiger partial charge in [0.25, 0.3) is 0 Å². The van der Waals surface area contributed by atoms with E-state index in [2.05, 4.69) is 10.3 Å². The molecule has 0 radical (unpaired) electrons. The summed E-state index contributed by atoms with van der Waals surface area (Å²) in [6, 6.07) is 3.70. The van der Waals surface area contributed by atoms with Crippen LogP contribution in [-0.4, -0.2) is 17.6 Å². The number of halogens is 3. The quantitative estimate of drug-likeness (QED) is 0.911. The summed E-state index contributed by atoms with van der Waals surface area (Å²) in [5.41, 5.74) is -0.0253. The van der Waals surface area contributed by atoms with Gasteiger partial charge in [-0.15, -0.1) is 0 Å². The maximum Gasteiger partial charge on any atom is 0.416 e. The Balaban J connectivity index is 1.87. The molecule has 6 heteroatoms. The molecule has 1 aromatic carbocycles. The highest BCUT2D eigenvalue weighted by Gasteiger charge is 2.31. The number of fused-ring (bicyclic) bond motifs is 1. The molecule has 1 aromatic heterocycles. The Morgan fingerprint density at radius 3 is 2.89 bits per heavy atom. The first kappa shape index (κ1) is 12.5. The Labute approximate surface area is 107 Å². The molecule has 2 heterocycles. The van der Waals surface area contributed by atoms with Gasteiger partial charge < -0.3 is 9.73 Å². The number of alkyl halides is 3. The molecule has 3 nitrogen and oxygen atoms in total. The minimum Gasteiger partial charge on any atom is -0.441 e. The van der Waals surface area contributed by atoms with E-state index in [1.165, 1.54) is 6.07 Å². The van der Waals surface area contributed by atoms with Crippen LogP contribution in [0.3, 0.4) is 0 Å². The van der Waals surface area contributed by atoms with Crippen LogP contribution in [0.25, 0.3) is 11.1 Å². The fourth-order valence-corrected chi connectivity index (χ4v) is 2.38. The van der Waals surface area contributed by atoms with Crippen LogP contribution in [0.4, 0.5) is 13.2 Å². The molecule has 102 valence electrons. The van der Waals surface area contributed by atoms with Gasteiger partial charge in [-0.2, -0.15) is 13.2 Å². The van der Waals surface area contributed by atoms with Crippen molar-refractivity contribution in [3.05, 3.63) is 29.7 Å². The van der Waals surface area contributed by atoms with E-state index in [-0.39, 0.29) is 5.52 Å². The first-order chi connectivity index (χ1) is 9.02. The van der Waals surface area contributed by atoms with Crippen molar-refractivity contribution in [3.63, 3.8) is 0 Å². The van der Waals surface area contributed by atoms with E-state index in [1.807, 2.05) is 0 Å². The van der Waals surface area contributed by atoms with Crippen LogP contribution < -0.4 is 5.32 Å². The number of hydrogen-bond acceptors (Lipinski definition) is 3. The second-order valence-corrected chi connectivity index (χ2v) is 4.79. The maximum atomic E-state index is 12.6. The lowest BCUT2D eigenvalue weighted by Gasteiger charge is -2.05. The van der Waals surface area contributed by atoms with Gasteiger partial charge in [-0.25, -0.2) is 4.98 Å². The van der Waals surface area contributed by atoms with E-state index in [4.69, 9.17) is 4.42 Å². The van der Waals surface area contributed by atoms with E-state index < -0.39 is 11.7 Å². The van der Waals surface area contributed by atoms with Crippen molar-refractivity contribution >= 4 is 11.1 Å². The number of hydrogen-bond donors (Lipinski definition) is 1. The molecule has 1 saturated heterocycles. The fourth-order valence-electron chi connectivity index (χ4n) is 2.38. The Morgan fingerprint density at radius 1 is 1.37 bits per heavy atom. The van der Waals surface area contributed by atoms with Crippen LogP contribution >= 0.6 is 0 Å². The summed E-state index contributed by atoms with van der Waals surface area (Å²) in [7, 11) is 0. The maximum absolute atomic E-state index is 12.6. The van der Waals surface area contributed by atoms with Crippen molar-refractivity contribution in [2.24, 2.45) is 0 Å². The molecule has 1 atom stereocenters. The van der Waals surface area contributed by atoms with Crippen molar-refractivity contribution in [1.29, 1.82) is 0 Å². The predicted octanol–water partition coefficient (Wildman–Crippen LogP) is 3.14. The van der Waals surface area contributed by atoms with E-state index in [1.54, 1.807) is 0 Å². The summed E-state index contributed by atoms with van der Waals surface area (Å²) in [6.45, 7) is 0.975. The van der Waals surface area contributed by atoms with Gasteiger partial charge in [0.2, 0.25) is 0 Å². The van der Waals surface area contributed by atoms with E-state index >= 15 is 0 Å². The molecule has 1 unspecified atom stereocenters. The third kappa shape index (κ3) is 2.58. The van der Waals surface area contributed by atoms with Crippen molar-refractivity contribution < 1.29 is 17.6 Å². The molecule has 1 aliphatic rings. The fraction of sp³-hybridized carbons (Fsp3) is 0.462. The molecule has 3 rings (SSSR count). The molecule has 0 amide bonds. The third-order valence-corrected chi connectivity index (χ3v) is 3.34. The number of oxazole rings is 1. The molecule has 0 saturated carbocycles. The number of aromatic nitrogens is 1. The summed E-state index contributed by atoms with van der Waals surface area (Å²) in [4.78, 5) is 4.14. The summed E-state index contributed by atoms with van der Waals surface area (Å²) in [5.74, 6) is 0.494. The SMILES string of the molecule is FC(F)(F)c1ccc2oc(CC3CCCN3)nc2c1. The molecular formula is C13H13F3N2O. The predicted molar refractivity (Wildman–Crippen MR) is 63.7 cm³/mol. The Hall–Kier alpha value is -1.56. The van der Waals surface area contributed by atoms with Gasteiger partial charge in [0.05, 0.1) is 5.56 Å². The molecule has 2 aromatic rings. The van der Waals surface area contributed by atoms with Gasteiger partial charge in [0.1, 0.15) is 5.52 Å². The average molecular weight is 270 g/mol. The average Bonchev–Trinajstić information content (AvgIpc) is 2.95. The number of nitrogens with one attached hydrogen (secondary N) is 1. The first-order valence-corrected chi connectivity index (χ1v) is 6.22. The third-order valence-electron chi connectivity index (χ3n) is 3.34. The standard InChI is InChI=1S/C13H13F3N2O/c14-13(15,16)8-3-4-11-10(6-8)18-12(19-11)7-9-2-1-5-17-9/h3-4,6,9,17H,1-2,5,7H2. The highest BCUT2D eigenvalue weighted by atomic mass is 19.4. The molecule has 0 aliphatic carbocycles. The Morgan fingerprint density at radius 2 is 2.21 bits per heavy atom. The van der Waals surface area contributed by atoms with Gasteiger partial charge in [0.15, 0.2) is 11.5 Å². The molecular weight excluding hydrogens is 257 g/mol. The van der Waals surface area contributed by atoms with Crippen molar-refractivity contribution in [2.45, 2.75) is 31.5 Å². The van der Waals surface area contributed by atoms with Crippen molar-refractivity contribution in [1.82, 2.24) is 10.3 Å². The minimum absolute atomic E-state index is 0.267. The largest absolute Gasteiger partial charge is 0.441 e. The normalized spacial score (nSPS) is 20.3. The van der Waals surface area contributed by atoms with Gasteiger partial charge in [0, 0.05) is 12.5 Å². The lowest BCUT2D eigenvalue weighted by atomic mass is 10.1. The van der Waals surface area contributed by atoms with Crippen LogP contribution in [0.2, 0.25) is 0 Å². The smallest absolute Gasteiger partial charge is 0.416 e. The van der Waals surface area contributed by atoms with Crippen LogP contribution in [0.1, 0.15) is 24.3 Å². The summed E-state index contributed by atoms with van der Waals surface area (Å²) in [6.07, 6.45) is -1.56. The molecule has 1 fully saturated rings. The Kier molecular flexibility index (Phi) is 2.97. The topological polar surface area (TPSA) is 38.1 Å². The van der Waals surface area contributed by atoms with Crippen molar-refractivity contribution in [3.8, 4) is 0 Å². The van der Waals surface area contributed by atoms with E-state index in [0.717, 1.165) is 31.5 Å². The second-order valence-electron chi connectivity index (χ2n) is 4.79. The molecule has 0 bridgehead atoms. The molecule has 1 N–H and O–H groups in total. The second kappa shape index (κ2) is 4.52. The molecule has 1 aliphatic heterocycles.